The van der Waals surface area contributed by atoms with Gasteiger partial charge >= 0.3 is 0 Å². The average Bonchev–Trinajstić information content (AvgIpc) is 3.23. The lowest BCUT2D eigenvalue weighted by Gasteiger charge is -2.43. The van der Waals surface area contributed by atoms with E-state index in [0.717, 1.165) is 11.5 Å². The maximum Gasteiger partial charge on any atom is 0.276 e. The fourth-order valence-corrected chi connectivity index (χ4v) is 2.80. The minimum Gasteiger partial charge on any atom is -0.448 e. The van der Waals surface area contributed by atoms with Crippen LogP contribution in [0, 0.1) is 0 Å². The summed E-state index contributed by atoms with van der Waals surface area (Å²) in [5.74, 6) is 0.945. The van der Waals surface area contributed by atoms with Gasteiger partial charge in [-0.25, -0.2) is 15.0 Å². The van der Waals surface area contributed by atoms with Crippen molar-refractivity contribution in [1.29, 1.82) is 0 Å². The molecule has 0 aromatic carbocycles. The third kappa shape index (κ3) is 3.19. The van der Waals surface area contributed by atoms with Crippen LogP contribution in [0.25, 0.3) is 0 Å². The second-order valence-electron chi connectivity index (χ2n) is 6.41. The summed E-state index contributed by atoms with van der Waals surface area (Å²) in [6.07, 6.45) is 5.31. The number of nitrogens with one attached hydrogen (secondary N) is 2. The molecule has 25 heavy (non-hydrogen) atoms. The molecule has 1 amide bonds. The number of nitrogens with zero attached hydrogens (tertiary/aromatic N) is 4. The third-order valence-corrected chi connectivity index (χ3v) is 3.98. The second-order valence-corrected chi connectivity index (χ2v) is 6.41. The topological polar surface area (TPSA) is 107 Å². The summed E-state index contributed by atoms with van der Waals surface area (Å²) in [4.78, 5) is 22.3. The lowest BCUT2D eigenvalue weighted by atomic mass is 9.97. The zero-order valence-electron chi connectivity index (χ0n) is 13.6. The van der Waals surface area contributed by atoms with E-state index < -0.39 is 5.60 Å². The zero-order valence-corrected chi connectivity index (χ0v) is 13.6. The Labute approximate surface area is 143 Å². The maximum atomic E-state index is 12.2. The van der Waals surface area contributed by atoms with Crippen LogP contribution >= 0.6 is 0 Å². The van der Waals surface area contributed by atoms with Crippen LogP contribution in [0.1, 0.15) is 23.3 Å². The first-order valence-corrected chi connectivity index (χ1v) is 7.89. The standard InChI is InChI=1S/C16H18N6O3/c1-16(24)9-21(10-16)15(23)12-8-25-14(18-12)6-11-7-22(20-19-11)13-4-2-3-5-17-13/h2-5,7-8,19-20,24H,6,9-10H2,1H3. The van der Waals surface area contributed by atoms with Crippen molar-refractivity contribution in [2.45, 2.75) is 18.9 Å². The molecule has 9 nitrogen and oxygen atoms in total. The molecule has 0 radical (unpaired) electrons. The molecule has 0 aliphatic carbocycles. The normalized spacial score (nSPS) is 18.6. The Morgan fingerprint density at radius 3 is 3.00 bits per heavy atom. The second kappa shape index (κ2) is 5.87. The van der Waals surface area contributed by atoms with Gasteiger partial charge in [0.1, 0.15) is 12.1 Å². The third-order valence-electron chi connectivity index (χ3n) is 3.98. The number of carbonyl (C=O) groups is 1. The minimum absolute atomic E-state index is 0.233. The Morgan fingerprint density at radius 2 is 2.28 bits per heavy atom. The van der Waals surface area contributed by atoms with Crippen molar-refractivity contribution in [1.82, 2.24) is 25.8 Å². The van der Waals surface area contributed by atoms with E-state index in [1.54, 1.807) is 23.0 Å². The van der Waals surface area contributed by atoms with Crippen molar-refractivity contribution in [3.63, 3.8) is 0 Å². The Hall–Kier alpha value is -2.91. The molecule has 130 valence electrons. The Morgan fingerprint density at radius 1 is 1.44 bits per heavy atom. The van der Waals surface area contributed by atoms with Gasteiger partial charge in [0.05, 0.1) is 30.8 Å². The number of carbonyl (C=O) groups excluding carboxylic acids is 1. The number of hydrogen-bond donors (Lipinski definition) is 3. The van der Waals surface area contributed by atoms with E-state index in [0.29, 0.717) is 25.4 Å². The van der Waals surface area contributed by atoms with Gasteiger partial charge < -0.3 is 19.8 Å². The SMILES string of the molecule is CC1(O)CN(C(=O)c2coc(CC3=CN(c4ccccn4)NN3)n2)C1. The van der Waals surface area contributed by atoms with Crippen LogP contribution in [0.15, 0.2) is 47.0 Å². The largest absolute Gasteiger partial charge is 0.448 e. The molecule has 0 unspecified atom stereocenters. The molecule has 4 heterocycles. The van der Waals surface area contributed by atoms with Crippen LogP contribution in [0.2, 0.25) is 0 Å². The highest BCUT2D eigenvalue weighted by Gasteiger charge is 2.40. The fourth-order valence-electron chi connectivity index (χ4n) is 2.80. The molecule has 2 aromatic rings. The van der Waals surface area contributed by atoms with Crippen LogP contribution in [0.3, 0.4) is 0 Å². The van der Waals surface area contributed by atoms with E-state index in [4.69, 9.17) is 4.42 Å². The van der Waals surface area contributed by atoms with Gasteiger partial charge in [-0.3, -0.25) is 4.79 Å². The summed E-state index contributed by atoms with van der Waals surface area (Å²) in [5.41, 5.74) is 6.27. The van der Waals surface area contributed by atoms with E-state index in [9.17, 15) is 9.90 Å². The number of aromatic nitrogens is 2. The number of pyridine rings is 1. The average molecular weight is 342 g/mol. The van der Waals surface area contributed by atoms with Gasteiger partial charge in [0.15, 0.2) is 5.69 Å². The minimum atomic E-state index is -0.804. The molecule has 2 aromatic heterocycles. The molecular weight excluding hydrogens is 324 g/mol. The predicted molar refractivity (Wildman–Crippen MR) is 87.8 cm³/mol. The van der Waals surface area contributed by atoms with Crippen molar-refractivity contribution >= 4 is 11.7 Å². The lowest BCUT2D eigenvalue weighted by Crippen LogP contribution is -2.61. The Kier molecular flexibility index (Phi) is 3.66. The zero-order chi connectivity index (χ0) is 17.4. The van der Waals surface area contributed by atoms with E-state index in [1.807, 2.05) is 24.4 Å². The van der Waals surface area contributed by atoms with Crippen molar-refractivity contribution in [3.8, 4) is 0 Å². The monoisotopic (exact) mass is 342 g/mol. The number of hydrogen-bond acceptors (Lipinski definition) is 8. The number of oxazole rings is 1. The van der Waals surface area contributed by atoms with Crippen molar-refractivity contribution in [3.05, 3.63) is 54.1 Å². The Balaban J connectivity index is 1.39. The van der Waals surface area contributed by atoms with Gasteiger partial charge in [-0.15, -0.1) is 5.53 Å². The molecule has 1 saturated heterocycles. The van der Waals surface area contributed by atoms with Gasteiger partial charge in [0, 0.05) is 12.4 Å². The number of anilines is 1. The number of aliphatic hydroxyl groups is 1. The summed E-state index contributed by atoms with van der Waals surface area (Å²) in [6, 6.07) is 5.62. The summed E-state index contributed by atoms with van der Waals surface area (Å²) in [5, 5.41) is 11.5. The number of rotatable bonds is 4. The first-order chi connectivity index (χ1) is 12.0. The quantitative estimate of drug-likeness (QED) is 0.723. The van der Waals surface area contributed by atoms with Gasteiger partial charge in [-0.2, -0.15) is 0 Å². The summed E-state index contributed by atoms with van der Waals surface area (Å²) < 4.78 is 5.40. The number of allylic oxidation sites excluding steroid dienone is 1. The van der Waals surface area contributed by atoms with E-state index in [1.165, 1.54) is 6.26 Å². The molecule has 0 atom stereocenters. The van der Waals surface area contributed by atoms with Crippen molar-refractivity contribution in [2.24, 2.45) is 0 Å². The fraction of sp³-hybridized carbons (Fsp3) is 0.312. The molecule has 2 aliphatic rings. The van der Waals surface area contributed by atoms with Crippen LogP contribution in [0.4, 0.5) is 5.82 Å². The number of amides is 1. The molecule has 3 N–H and O–H groups in total. The molecule has 0 bridgehead atoms. The van der Waals surface area contributed by atoms with E-state index in [2.05, 4.69) is 20.9 Å². The summed E-state index contributed by atoms with van der Waals surface area (Å²) in [7, 11) is 0. The molecular formula is C16H18N6O3. The Bertz CT molecular complexity index is 808. The highest BCUT2D eigenvalue weighted by molar-refractivity contribution is 5.92. The van der Waals surface area contributed by atoms with Crippen molar-refractivity contribution < 1.29 is 14.3 Å². The van der Waals surface area contributed by atoms with Gasteiger partial charge in [-0.05, 0) is 19.1 Å². The lowest BCUT2D eigenvalue weighted by molar-refractivity contribution is -0.0670. The number of likely N-dealkylation sites (tertiary alicyclic amines) is 1. The number of β-amino-alcohol motifs (C(OH)–C–C–N with tert-alkyl or cyclic N) is 1. The van der Waals surface area contributed by atoms with Crippen LogP contribution < -0.4 is 16.0 Å². The smallest absolute Gasteiger partial charge is 0.276 e. The predicted octanol–water partition coefficient (Wildman–Crippen LogP) is 0.190. The van der Waals surface area contributed by atoms with Gasteiger partial charge in [0.25, 0.3) is 5.91 Å². The highest BCUT2D eigenvalue weighted by atomic mass is 16.3. The molecule has 2 aliphatic heterocycles. The molecule has 9 heteroatoms. The van der Waals surface area contributed by atoms with Crippen LogP contribution in [-0.4, -0.2) is 44.6 Å². The maximum absolute atomic E-state index is 12.2. The van der Waals surface area contributed by atoms with Crippen molar-refractivity contribution in [2.75, 3.05) is 18.1 Å². The molecule has 0 saturated carbocycles. The van der Waals surface area contributed by atoms with Crippen LogP contribution in [-0.2, 0) is 6.42 Å². The first-order valence-electron chi connectivity index (χ1n) is 7.89. The van der Waals surface area contributed by atoms with E-state index >= 15 is 0 Å². The summed E-state index contributed by atoms with van der Waals surface area (Å²) in [6.45, 7) is 2.32. The van der Waals surface area contributed by atoms with Gasteiger partial charge in [-0.1, -0.05) is 6.07 Å². The van der Waals surface area contributed by atoms with Crippen LogP contribution in [0.5, 0.6) is 0 Å². The van der Waals surface area contributed by atoms with E-state index in [-0.39, 0.29) is 11.6 Å². The molecule has 1 fully saturated rings. The van der Waals surface area contributed by atoms with Gasteiger partial charge in [0.2, 0.25) is 5.89 Å². The summed E-state index contributed by atoms with van der Waals surface area (Å²) >= 11 is 0. The molecule has 0 spiro atoms. The highest BCUT2D eigenvalue weighted by Crippen LogP contribution is 2.22. The first kappa shape index (κ1) is 15.6. The molecule has 4 rings (SSSR count). The number of hydrazine groups is 2.